The number of nitrogens with one attached hydrogen (secondary N) is 2. The van der Waals surface area contributed by atoms with Crippen LogP contribution in [0, 0.1) is 6.92 Å². The lowest BCUT2D eigenvalue weighted by Gasteiger charge is -2.09. The molecule has 130 valence electrons. The number of amides is 2. The molecule has 0 radical (unpaired) electrons. The number of aryl methyl sites for hydroxylation is 1. The fraction of sp³-hybridized carbons (Fsp3) is 0.167. The number of ether oxygens (including phenoxy) is 1. The van der Waals surface area contributed by atoms with Crippen LogP contribution in [0.5, 0.6) is 5.75 Å². The Balaban J connectivity index is 1.83. The van der Waals surface area contributed by atoms with E-state index >= 15 is 0 Å². The van der Waals surface area contributed by atoms with Gasteiger partial charge in [-0.25, -0.2) is 15.0 Å². The Bertz CT molecular complexity index is 755. The minimum atomic E-state index is -1.03. The largest absolute Gasteiger partial charge is 0.479 e. The number of carbonyl (C=O) groups is 2. The number of carboxylic acid groups (broad SMARTS) is 1. The van der Waals surface area contributed by atoms with E-state index in [-0.39, 0.29) is 0 Å². The molecule has 2 aromatic carbocycles. The maximum absolute atomic E-state index is 11.7. The minimum Gasteiger partial charge on any atom is -0.479 e. The third-order valence-corrected chi connectivity index (χ3v) is 3.23. The maximum atomic E-state index is 11.7. The van der Waals surface area contributed by atoms with Crippen molar-refractivity contribution in [3.8, 4) is 5.75 Å². The third kappa shape index (κ3) is 5.98. The first kappa shape index (κ1) is 18.0. The molecule has 2 rings (SSSR count). The summed E-state index contributed by atoms with van der Waals surface area (Å²) in [4.78, 5) is 22.4. The first-order valence-corrected chi connectivity index (χ1v) is 7.60. The summed E-state index contributed by atoms with van der Waals surface area (Å²) in [6.45, 7) is 3.42. The monoisotopic (exact) mass is 341 g/mol. The number of hydrogen-bond donors (Lipinski definition) is 3. The summed E-state index contributed by atoms with van der Waals surface area (Å²) >= 11 is 0. The van der Waals surface area contributed by atoms with Gasteiger partial charge in [-0.15, -0.1) is 0 Å². The van der Waals surface area contributed by atoms with Crippen molar-refractivity contribution in [3.05, 3.63) is 59.7 Å². The van der Waals surface area contributed by atoms with Crippen LogP contribution < -0.4 is 15.5 Å². The van der Waals surface area contributed by atoms with Gasteiger partial charge < -0.3 is 15.2 Å². The van der Waals surface area contributed by atoms with Crippen LogP contribution in [0.2, 0.25) is 0 Å². The van der Waals surface area contributed by atoms with Crippen molar-refractivity contribution in [1.82, 2.24) is 5.43 Å². The number of carboxylic acids is 1. The number of benzene rings is 2. The van der Waals surface area contributed by atoms with Crippen molar-refractivity contribution in [1.29, 1.82) is 0 Å². The van der Waals surface area contributed by atoms with Gasteiger partial charge in [-0.05, 0) is 55.8 Å². The fourth-order valence-electron chi connectivity index (χ4n) is 1.85. The number of carbonyl (C=O) groups excluding carboxylic acids is 1. The average Bonchev–Trinajstić information content (AvgIpc) is 2.58. The van der Waals surface area contributed by atoms with Crippen LogP contribution >= 0.6 is 0 Å². The van der Waals surface area contributed by atoms with Crippen molar-refractivity contribution in [2.45, 2.75) is 20.0 Å². The second-order valence-corrected chi connectivity index (χ2v) is 5.36. The Morgan fingerprint density at radius 3 is 2.36 bits per heavy atom. The van der Waals surface area contributed by atoms with Gasteiger partial charge in [-0.1, -0.05) is 17.7 Å². The Morgan fingerprint density at radius 1 is 1.12 bits per heavy atom. The summed E-state index contributed by atoms with van der Waals surface area (Å²) in [5.74, 6) is -0.591. The molecular weight excluding hydrogens is 322 g/mol. The molecule has 0 saturated carbocycles. The van der Waals surface area contributed by atoms with Crippen LogP contribution in [0.1, 0.15) is 18.1 Å². The summed E-state index contributed by atoms with van der Waals surface area (Å²) in [5.41, 5.74) is 4.87. The zero-order chi connectivity index (χ0) is 18.2. The van der Waals surface area contributed by atoms with Gasteiger partial charge in [0.15, 0.2) is 6.10 Å². The molecule has 2 aromatic rings. The van der Waals surface area contributed by atoms with E-state index in [2.05, 4.69) is 15.8 Å². The SMILES string of the molecule is Cc1ccc(NC(=O)N/N=C/c2ccc(O[C@H](C)C(=O)O)cc2)cc1. The number of hydrazone groups is 1. The van der Waals surface area contributed by atoms with Gasteiger partial charge in [0.1, 0.15) is 5.75 Å². The molecule has 0 aromatic heterocycles. The molecule has 2 amide bonds. The highest BCUT2D eigenvalue weighted by Gasteiger charge is 2.11. The molecule has 0 bridgehead atoms. The molecule has 7 heteroatoms. The second kappa shape index (κ2) is 8.49. The zero-order valence-corrected chi connectivity index (χ0v) is 13.9. The van der Waals surface area contributed by atoms with Crippen molar-refractivity contribution < 1.29 is 19.4 Å². The van der Waals surface area contributed by atoms with E-state index < -0.39 is 18.1 Å². The smallest absolute Gasteiger partial charge is 0.344 e. The van der Waals surface area contributed by atoms with Crippen LogP contribution in [0.3, 0.4) is 0 Å². The lowest BCUT2D eigenvalue weighted by atomic mass is 10.2. The predicted octanol–water partition coefficient (Wildman–Crippen LogP) is 3.00. The van der Waals surface area contributed by atoms with Crippen molar-refractivity contribution in [2.24, 2.45) is 5.10 Å². The van der Waals surface area contributed by atoms with E-state index in [0.717, 1.165) is 11.1 Å². The van der Waals surface area contributed by atoms with Crippen LogP contribution in [-0.4, -0.2) is 29.4 Å². The molecule has 0 heterocycles. The standard InChI is InChI=1S/C18H19N3O4/c1-12-3-7-15(8-4-12)20-18(24)21-19-11-14-5-9-16(10-6-14)25-13(2)17(22)23/h3-11,13H,1-2H3,(H,22,23)(H2,20,21,24)/b19-11+/t13-/m1/s1. The third-order valence-electron chi connectivity index (χ3n) is 3.23. The van der Waals surface area contributed by atoms with Crippen molar-refractivity contribution >= 4 is 23.9 Å². The first-order valence-electron chi connectivity index (χ1n) is 7.60. The van der Waals surface area contributed by atoms with E-state index in [1.54, 1.807) is 36.4 Å². The van der Waals surface area contributed by atoms with E-state index in [1.807, 2.05) is 19.1 Å². The van der Waals surface area contributed by atoms with Gasteiger partial charge in [0.05, 0.1) is 6.21 Å². The van der Waals surface area contributed by atoms with Crippen LogP contribution in [0.4, 0.5) is 10.5 Å². The highest BCUT2D eigenvalue weighted by atomic mass is 16.5. The average molecular weight is 341 g/mol. The molecule has 0 fully saturated rings. The number of anilines is 1. The number of aliphatic carboxylic acids is 1. The summed E-state index contributed by atoms with van der Waals surface area (Å²) in [5, 5.41) is 15.3. The van der Waals surface area contributed by atoms with Gasteiger partial charge in [0, 0.05) is 5.69 Å². The van der Waals surface area contributed by atoms with Gasteiger partial charge in [0.2, 0.25) is 0 Å². The quantitative estimate of drug-likeness (QED) is 0.555. The van der Waals surface area contributed by atoms with Gasteiger partial charge >= 0.3 is 12.0 Å². The van der Waals surface area contributed by atoms with Crippen molar-refractivity contribution in [2.75, 3.05) is 5.32 Å². The number of nitrogens with zero attached hydrogens (tertiary/aromatic N) is 1. The first-order chi connectivity index (χ1) is 11.9. The number of rotatable bonds is 6. The number of urea groups is 1. The van der Waals surface area contributed by atoms with Gasteiger partial charge in [-0.3, -0.25) is 0 Å². The molecule has 0 aliphatic rings. The van der Waals surface area contributed by atoms with Crippen LogP contribution in [0.25, 0.3) is 0 Å². The molecule has 0 spiro atoms. The molecule has 1 atom stereocenters. The van der Waals surface area contributed by atoms with Gasteiger partial charge in [-0.2, -0.15) is 5.10 Å². The topological polar surface area (TPSA) is 100 Å². The molecule has 25 heavy (non-hydrogen) atoms. The molecule has 0 aliphatic carbocycles. The van der Waals surface area contributed by atoms with Crippen molar-refractivity contribution in [3.63, 3.8) is 0 Å². The molecule has 0 unspecified atom stereocenters. The predicted molar refractivity (Wildman–Crippen MR) is 95.1 cm³/mol. The van der Waals surface area contributed by atoms with Crippen LogP contribution in [0.15, 0.2) is 53.6 Å². The highest BCUT2D eigenvalue weighted by Crippen LogP contribution is 2.13. The normalized spacial score (nSPS) is 11.8. The number of hydrogen-bond acceptors (Lipinski definition) is 4. The van der Waals surface area contributed by atoms with Crippen LogP contribution in [-0.2, 0) is 4.79 Å². The Hall–Kier alpha value is -3.35. The van der Waals surface area contributed by atoms with E-state index in [4.69, 9.17) is 9.84 Å². The molecular formula is C18H19N3O4. The summed E-state index contributed by atoms with van der Waals surface area (Å²) in [6.07, 6.45) is 0.547. The molecule has 7 nitrogen and oxygen atoms in total. The summed E-state index contributed by atoms with van der Waals surface area (Å²) in [7, 11) is 0. The minimum absolute atomic E-state index is 0.442. The lowest BCUT2D eigenvalue weighted by Crippen LogP contribution is -2.24. The fourth-order valence-corrected chi connectivity index (χ4v) is 1.85. The molecule has 0 saturated heterocycles. The molecule has 3 N–H and O–H groups in total. The highest BCUT2D eigenvalue weighted by molar-refractivity contribution is 5.90. The van der Waals surface area contributed by atoms with E-state index in [0.29, 0.717) is 11.4 Å². The van der Waals surface area contributed by atoms with Gasteiger partial charge in [0.25, 0.3) is 0 Å². The summed E-state index contributed by atoms with van der Waals surface area (Å²) < 4.78 is 5.22. The van der Waals surface area contributed by atoms with E-state index in [1.165, 1.54) is 13.1 Å². The Morgan fingerprint density at radius 2 is 1.76 bits per heavy atom. The van der Waals surface area contributed by atoms with E-state index in [9.17, 15) is 9.59 Å². The molecule has 0 aliphatic heterocycles. The Kier molecular flexibility index (Phi) is 6.11. The summed E-state index contributed by atoms with van der Waals surface area (Å²) in [6, 6.07) is 13.6. The lowest BCUT2D eigenvalue weighted by molar-refractivity contribution is -0.144. The zero-order valence-electron chi connectivity index (χ0n) is 13.9. The Labute approximate surface area is 145 Å². The second-order valence-electron chi connectivity index (χ2n) is 5.36. The maximum Gasteiger partial charge on any atom is 0.344 e.